The number of benzene rings is 1. The van der Waals surface area contributed by atoms with Crippen molar-refractivity contribution < 1.29 is 23.0 Å². The van der Waals surface area contributed by atoms with Gasteiger partial charge in [0, 0.05) is 24.8 Å². The fraction of sp³-hybridized carbons (Fsp3) is 0.444. The van der Waals surface area contributed by atoms with Gasteiger partial charge in [0.1, 0.15) is 17.2 Å². The first-order valence-corrected chi connectivity index (χ1v) is 8.72. The summed E-state index contributed by atoms with van der Waals surface area (Å²) in [5, 5.41) is 10.3. The Balaban J connectivity index is 1.65. The topological polar surface area (TPSA) is 77.4 Å². The molecule has 0 radical (unpaired) electrons. The van der Waals surface area contributed by atoms with E-state index in [-0.39, 0.29) is 29.9 Å². The zero-order valence-electron chi connectivity index (χ0n) is 15.0. The van der Waals surface area contributed by atoms with Crippen LogP contribution in [0.1, 0.15) is 34.9 Å². The number of amides is 1. The molecule has 1 fully saturated rings. The maximum atomic E-state index is 12.6. The van der Waals surface area contributed by atoms with Crippen LogP contribution in [-0.2, 0) is 6.54 Å². The highest BCUT2D eigenvalue weighted by Gasteiger charge is 2.18. The molecule has 7 nitrogen and oxygen atoms in total. The third kappa shape index (κ3) is 4.94. The number of ether oxygens (including phenoxy) is 2. The van der Waals surface area contributed by atoms with Gasteiger partial charge in [0.05, 0.1) is 13.2 Å². The molecule has 2 heterocycles. The van der Waals surface area contributed by atoms with E-state index in [2.05, 4.69) is 20.5 Å². The predicted octanol–water partition coefficient (Wildman–Crippen LogP) is 2.35. The number of nitrogens with one attached hydrogen (secondary N) is 2. The van der Waals surface area contributed by atoms with Crippen LogP contribution in [0.4, 0.5) is 8.78 Å². The third-order valence-corrected chi connectivity index (χ3v) is 4.41. The minimum Gasteiger partial charge on any atom is -0.497 e. The van der Waals surface area contributed by atoms with Gasteiger partial charge in [-0.25, -0.2) is 0 Å². The van der Waals surface area contributed by atoms with Crippen molar-refractivity contribution in [1.29, 1.82) is 0 Å². The summed E-state index contributed by atoms with van der Waals surface area (Å²) in [6.07, 6.45) is 3.85. The van der Waals surface area contributed by atoms with Crippen LogP contribution in [0.5, 0.6) is 11.5 Å². The fourth-order valence-electron chi connectivity index (χ4n) is 3.02. The van der Waals surface area contributed by atoms with E-state index in [1.165, 1.54) is 19.2 Å². The number of carbonyl (C=O) groups is 1. The van der Waals surface area contributed by atoms with Gasteiger partial charge in [-0.2, -0.15) is 13.9 Å². The molecule has 0 aliphatic carbocycles. The second kappa shape index (κ2) is 8.81. The molecule has 27 heavy (non-hydrogen) atoms. The van der Waals surface area contributed by atoms with E-state index in [1.54, 1.807) is 23.0 Å². The second-order valence-corrected chi connectivity index (χ2v) is 6.22. The van der Waals surface area contributed by atoms with Gasteiger partial charge in [-0.1, -0.05) is 0 Å². The van der Waals surface area contributed by atoms with Crippen molar-refractivity contribution in [1.82, 2.24) is 20.4 Å². The number of alkyl halides is 2. The zero-order chi connectivity index (χ0) is 19.2. The lowest BCUT2D eigenvalue weighted by molar-refractivity contribution is -0.0505. The van der Waals surface area contributed by atoms with E-state index < -0.39 is 6.61 Å². The van der Waals surface area contributed by atoms with Crippen molar-refractivity contribution in [3.8, 4) is 11.5 Å². The third-order valence-electron chi connectivity index (χ3n) is 4.41. The lowest BCUT2D eigenvalue weighted by atomic mass is 10.1. The van der Waals surface area contributed by atoms with Crippen molar-refractivity contribution in [2.75, 3.05) is 20.2 Å². The van der Waals surface area contributed by atoms with Crippen molar-refractivity contribution in [2.45, 2.75) is 32.0 Å². The van der Waals surface area contributed by atoms with Crippen LogP contribution >= 0.6 is 0 Å². The molecule has 0 saturated carbocycles. The van der Waals surface area contributed by atoms with Crippen molar-refractivity contribution >= 4 is 5.91 Å². The molecule has 2 aromatic rings. The van der Waals surface area contributed by atoms with Gasteiger partial charge < -0.3 is 20.1 Å². The minimum atomic E-state index is -2.95. The molecular weight excluding hydrogens is 358 g/mol. The second-order valence-electron chi connectivity index (χ2n) is 6.22. The zero-order valence-corrected chi connectivity index (χ0v) is 15.0. The minimum absolute atomic E-state index is 0.00934. The number of aromatic nitrogens is 2. The maximum Gasteiger partial charge on any atom is 0.387 e. The number of carbonyl (C=O) groups excluding carboxylic acids is 1. The van der Waals surface area contributed by atoms with Gasteiger partial charge in [-0.15, -0.1) is 0 Å². The molecular formula is C18H22F2N4O3. The van der Waals surface area contributed by atoms with E-state index in [9.17, 15) is 13.6 Å². The summed E-state index contributed by atoms with van der Waals surface area (Å²) in [6.45, 7) is -1.13. The lowest BCUT2D eigenvalue weighted by Gasteiger charge is -2.22. The Morgan fingerprint density at radius 3 is 3.00 bits per heavy atom. The van der Waals surface area contributed by atoms with Crippen LogP contribution in [0.25, 0.3) is 0 Å². The predicted molar refractivity (Wildman–Crippen MR) is 94.2 cm³/mol. The van der Waals surface area contributed by atoms with Gasteiger partial charge in [-0.05, 0) is 43.7 Å². The van der Waals surface area contributed by atoms with E-state index in [1.807, 2.05) is 0 Å². The molecule has 2 N–H and O–H groups in total. The highest BCUT2D eigenvalue weighted by atomic mass is 19.3. The lowest BCUT2D eigenvalue weighted by Crippen LogP contribution is -2.32. The average molecular weight is 380 g/mol. The van der Waals surface area contributed by atoms with Crippen LogP contribution in [0.15, 0.2) is 30.5 Å². The van der Waals surface area contributed by atoms with E-state index in [4.69, 9.17) is 4.74 Å². The van der Waals surface area contributed by atoms with Crippen LogP contribution in [0.3, 0.4) is 0 Å². The Morgan fingerprint density at radius 2 is 2.30 bits per heavy atom. The number of hydrogen-bond acceptors (Lipinski definition) is 5. The van der Waals surface area contributed by atoms with E-state index >= 15 is 0 Å². The highest BCUT2D eigenvalue weighted by Crippen LogP contribution is 2.25. The Hall–Kier alpha value is -2.68. The molecule has 9 heteroatoms. The number of halogens is 2. The van der Waals surface area contributed by atoms with Gasteiger partial charge in [0.25, 0.3) is 5.91 Å². The number of methoxy groups -OCH3 is 1. The molecule has 1 unspecified atom stereocenters. The Bertz CT molecular complexity index is 776. The molecule has 146 valence electrons. The van der Waals surface area contributed by atoms with Crippen molar-refractivity contribution in [3.05, 3.63) is 41.7 Å². The van der Waals surface area contributed by atoms with Crippen LogP contribution < -0.4 is 20.1 Å². The summed E-state index contributed by atoms with van der Waals surface area (Å²) >= 11 is 0. The summed E-state index contributed by atoms with van der Waals surface area (Å²) in [5.41, 5.74) is 0.665. The molecule has 1 aromatic heterocycles. The van der Waals surface area contributed by atoms with Crippen LogP contribution in [0, 0.1) is 0 Å². The number of nitrogens with zero attached hydrogens (tertiary/aromatic N) is 2. The van der Waals surface area contributed by atoms with Gasteiger partial charge >= 0.3 is 6.61 Å². The first-order chi connectivity index (χ1) is 13.1. The SMILES string of the molecule is COc1ccc(OC(F)F)c(CNC(=O)c2ccn(C3CCCNC3)n2)c1. The van der Waals surface area contributed by atoms with Crippen molar-refractivity contribution in [3.63, 3.8) is 0 Å². The van der Waals surface area contributed by atoms with E-state index in [0.29, 0.717) is 11.3 Å². The molecule has 1 amide bonds. The highest BCUT2D eigenvalue weighted by molar-refractivity contribution is 5.92. The summed E-state index contributed by atoms with van der Waals surface area (Å²) in [6, 6.07) is 6.32. The average Bonchev–Trinajstić information content (AvgIpc) is 3.17. The molecule has 0 bridgehead atoms. The van der Waals surface area contributed by atoms with Crippen LogP contribution in [0.2, 0.25) is 0 Å². The standard InChI is InChI=1S/C18H22F2N4O3/c1-26-14-4-5-16(27-18(19)20)12(9-14)10-22-17(25)15-6-8-24(23-15)13-3-2-7-21-11-13/h4-6,8-9,13,18,21H,2-3,7,10-11H2,1H3,(H,22,25). The molecule has 0 spiro atoms. The molecule has 3 rings (SSSR count). The molecule has 1 saturated heterocycles. The molecule has 1 aliphatic rings. The summed E-state index contributed by atoms with van der Waals surface area (Å²) < 4.78 is 36.5. The summed E-state index contributed by atoms with van der Waals surface area (Å²) in [5.74, 6) is 0.0863. The first-order valence-electron chi connectivity index (χ1n) is 8.72. The van der Waals surface area contributed by atoms with Crippen molar-refractivity contribution in [2.24, 2.45) is 0 Å². The summed E-state index contributed by atoms with van der Waals surface area (Å²) in [7, 11) is 1.47. The van der Waals surface area contributed by atoms with Gasteiger partial charge in [0.15, 0.2) is 0 Å². The summed E-state index contributed by atoms with van der Waals surface area (Å²) in [4.78, 5) is 12.4. The molecule has 1 atom stereocenters. The maximum absolute atomic E-state index is 12.6. The Morgan fingerprint density at radius 1 is 1.44 bits per heavy atom. The number of piperidine rings is 1. The van der Waals surface area contributed by atoms with E-state index in [0.717, 1.165) is 25.9 Å². The van der Waals surface area contributed by atoms with Crippen LogP contribution in [-0.4, -0.2) is 42.5 Å². The number of rotatable bonds is 7. The Labute approximate surface area is 155 Å². The first kappa shape index (κ1) is 19.1. The Kier molecular flexibility index (Phi) is 6.23. The molecule has 1 aromatic carbocycles. The smallest absolute Gasteiger partial charge is 0.387 e. The van der Waals surface area contributed by atoms with Gasteiger partial charge in [-0.3, -0.25) is 9.48 Å². The monoisotopic (exact) mass is 380 g/mol. The quantitative estimate of drug-likeness (QED) is 0.771. The fourth-order valence-corrected chi connectivity index (χ4v) is 3.02. The largest absolute Gasteiger partial charge is 0.497 e. The van der Waals surface area contributed by atoms with Gasteiger partial charge in [0.2, 0.25) is 0 Å². The normalized spacial score (nSPS) is 17.0. The molecule has 1 aliphatic heterocycles. The number of hydrogen-bond donors (Lipinski definition) is 2.